The van der Waals surface area contributed by atoms with E-state index >= 15 is 0 Å². The molecule has 3 atom stereocenters. The van der Waals surface area contributed by atoms with Gasteiger partial charge in [0.1, 0.15) is 0 Å². The Morgan fingerprint density at radius 2 is 2.18 bits per heavy atom. The van der Waals surface area contributed by atoms with Gasteiger partial charge in [0.05, 0.1) is 0 Å². The lowest BCUT2D eigenvalue weighted by atomic mass is 9.78. The molecule has 94 valence electrons. The molecule has 17 heavy (non-hydrogen) atoms. The van der Waals surface area contributed by atoms with E-state index in [9.17, 15) is 4.39 Å². The highest BCUT2D eigenvalue weighted by Crippen LogP contribution is 2.31. The zero-order valence-corrected chi connectivity index (χ0v) is 11.8. The summed E-state index contributed by atoms with van der Waals surface area (Å²) >= 11 is 3.21. The van der Waals surface area contributed by atoms with Gasteiger partial charge < -0.3 is 5.32 Å². The van der Waals surface area contributed by atoms with Gasteiger partial charge in [0.2, 0.25) is 0 Å². The van der Waals surface area contributed by atoms with E-state index in [2.05, 4.69) is 40.1 Å². The number of aromatic nitrogens is 1. The molecular formula is C13H18BrFN2. The Morgan fingerprint density at radius 3 is 2.88 bits per heavy atom. The number of hydrogen-bond donors (Lipinski definition) is 1. The van der Waals surface area contributed by atoms with Crippen LogP contribution in [-0.4, -0.2) is 11.0 Å². The quantitative estimate of drug-likeness (QED) is 0.884. The van der Waals surface area contributed by atoms with Gasteiger partial charge in [-0.1, -0.05) is 26.7 Å². The van der Waals surface area contributed by atoms with Crippen LogP contribution in [0, 0.1) is 17.7 Å². The van der Waals surface area contributed by atoms with Gasteiger partial charge in [-0.25, -0.2) is 9.37 Å². The molecule has 1 aromatic rings. The summed E-state index contributed by atoms with van der Waals surface area (Å²) in [4.78, 5) is 4.10. The molecular weight excluding hydrogens is 283 g/mol. The largest absolute Gasteiger partial charge is 0.365 e. The normalized spacial score (nSPS) is 29.1. The van der Waals surface area contributed by atoms with Gasteiger partial charge in [0.25, 0.3) is 0 Å². The third kappa shape index (κ3) is 2.97. The smallest absolute Gasteiger partial charge is 0.166 e. The molecule has 0 amide bonds. The first-order valence-electron chi connectivity index (χ1n) is 6.15. The summed E-state index contributed by atoms with van der Waals surface area (Å²) in [5.41, 5.74) is 0. The minimum Gasteiger partial charge on any atom is -0.365 e. The molecule has 1 aliphatic rings. The number of nitrogens with zero attached hydrogens (tertiary/aromatic N) is 1. The van der Waals surface area contributed by atoms with E-state index in [1.54, 1.807) is 6.20 Å². The van der Waals surface area contributed by atoms with Crippen LogP contribution in [0.3, 0.4) is 0 Å². The molecule has 0 aromatic carbocycles. The first-order valence-corrected chi connectivity index (χ1v) is 6.95. The molecule has 0 aliphatic heterocycles. The number of anilines is 1. The van der Waals surface area contributed by atoms with E-state index in [-0.39, 0.29) is 5.82 Å². The van der Waals surface area contributed by atoms with Gasteiger partial charge in [-0.3, -0.25) is 0 Å². The number of hydrogen-bond acceptors (Lipinski definition) is 2. The fraction of sp³-hybridized carbons (Fsp3) is 0.615. The van der Waals surface area contributed by atoms with Crippen LogP contribution in [-0.2, 0) is 0 Å². The molecule has 0 radical (unpaired) electrons. The Kier molecular flexibility index (Phi) is 4.02. The number of rotatable bonds is 2. The van der Waals surface area contributed by atoms with Gasteiger partial charge in [0.15, 0.2) is 11.6 Å². The van der Waals surface area contributed by atoms with Crippen LogP contribution >= 0.6 is 15.9 Å². The monoisotopic (exact) mass is 300 g/mol. The third-order valence-electron chi connectivity index (χ3n) is 3.84. The van der Waals surface area contributed by atoms with E-state index in [0.29, 0.717) is 28.2 Å². The summed E-state index contributed by atoms with van der Waals surface area (Å²) in [5.74, 6) is 1.34. The molecule has 2 rings (SSSR count). The summed E-state index contributed by atoms with van der Waals surface area (Å²) in [6, 6.07) is 1.79. The predicted octanol–water partition coefficient (Wildman–Crippen LogP) is 4.22. The second kappa shape index (κ2) is 5.34. The minimum atomic E-state index is -0.287. The molecule has 1 aromatic heterocycles. The van der Waals surface area contributed by atoms with Crippen molar-refractivity contribution < 1.29 is 4.39 Å². The number of halogens is 2. The zero-order chi connectivity index (χ0) is 12.4. The third-order valence-corrected chi connectivity index (χ3v) is 4.27. The van der Waals surface area contributed by atoms with Gasteiger partial charge >= 0.3 is 0 Å². The van der Waals surface area contributed by atoms with Gasteiger partial charge in [-0.2, -0.15) is 0 Å². The van der Waals surface area contributed by atoms with Crippen molar-refractivity contribution in [3.8, 4) is 0 Å². The van der Waals surface area contributed by atoms with Crippen LogP contribution in [0.2, 0.25) is 0 Å². The average molecular weight is 301 g/mol. The summed E-state index contributed by atoms with van der Waals surface area (Å²) in [6.07, 6.45) is 5.21. The fourth-order valence-corrected chi connectivity index (χ4v) is 2.79. The predicted molar refractivity (Wildman–Crippen MR) is 71.5 cm³/mol. The highest BCUT2D eigenvalue weighted by atomic mass is 79.9. The van der Waals surface area contributed by atoms with Gasteiger partial charge in [0, 0.05) is 16.7 Å². The average Bonchev–Trinajstić information content (AvgIpc) is 2.28. The molecule has 1 saturated carbocycles. The Bertz CT molecular complexity index is 397. The first kappa shape index (κ1) is 12.8. The van der Waals surface area contributed by atoms with Crippen molar-refractivity contribution >= 4 is 21.7 Å². The second-order valence-corrected chi connectivity index (χ2v) is 5.92. The van der Waals surface area contributed by atoms with Crippen LogP contribution < -0.4 is 5.32 Å². The maximum Gasteiger partial charge on any atom is 0.166 e. The topological polar surface area (TPSA) is 24.9 Å². The number of nitrogens with one attached hydrogen (secondary N) is 1. The molecule has 3 unspecified atom stereocenters. The van der Waals surface area contributed by atoms with Crippen LogP contribution in [0.25, 0.3) is 0 Å². The SMILES string of the molecule is CC1CCCC(Nc2ncc(Br)cc2F)C1C. The van der Waals surface area contributed by atoms with E-state index in [1.165, 1.54) is 18.9 Å². The second-order valence-electron chi connectivity index (χ2n) is 5.00. The van der Waals surface area contributed by atoms with E-state index in [0.717, 1.165) is 6.42 Å². The van der Waals surface area contributed by atoms with Crippen molar-refractivity contribution in [1.82, 2.24) is 4.98 Å². The van der Waals surface area contributed by atoms with E-state index in [4.69, 9.17) is 0 Å². The van der Waals surface area contributed by atoms with Crippen molar-refractivity contribution in [3.05, 3.63) is 22.6 Å². The van der Waals surface area contributed by atoms with Crippen molar-refractivity contribution in [2.24, 2.45) is 11.8 Å². The highest BCUT2D eigenvalue weighted by molar-refractivity contribution is 9.10. The lowest BCUT2D eigenvalue weighted by Crippen LogP contribution is -2.35. The molecule has 0 saturated heterocycles. The molecule has 1 heterocycles. The molecule has 1 N–H and O–H groups in total. The molecule has 1 fully saturated rings. The van der Waals surface area contributed by atoms with E-state index < -0.39 is 0 Å². The molecule has 0 spiro atoms. The van der Waals surface area contributed by atoms with E-state index in [1.807, 2.05) is 0 Å². The maximum absolute atomic E-state index is 13.7. The molecule has 1 aliphatic carbocycles. The van der Waals surface area contributed by atoms with Crippen molar-refractivity contribution in [1.29, 1.82) is 0 Å². The Labute approximate surface area is 110 Å². The summed E-state index contributed by atoms with van der Waals surface area (Å²) in [5, 5.41) is 3.25. The Hall–Kier alpha value is -0.640. The molecule has 2 nitrogen and oxygen atoms in total. The van der Waals surface area contributed by atoms with Crippen LogP contribution in [0.5, 0.6) is 0 Å². The summed E-state index contributed by atoms with van der Waals surface area (Å²) in [7, 11) is 0. The first-order chi connectivity index (χ1) is 8.08. The van der Waals surface area contributed by atoms with Crippen molar-refractivity contribution in [2.75, 3.05) is 5.32 Å². The maximum atomic E-state index is 13.7. The standard InChI is InChI=1S/C13H18BrFN2/c1-8-4-3-5-12(9(8)2)17-13-11(15)6-10(14)7-16-13/h6-9,12H,3-5H2,1-2H3,(H,16,17). The van der Waals surface area contributed by atoms with Crippen molar-refractivity contribution in [2.45, 2.75) is 39.2 Å². The highest BCUT2D eigenvalue weighted by Gasteiger charge is 2.27. The molecule has 0 bridgehead atoms. The van der Waals surface area contributed by atoms with Gasteiger partial charge in [-0.15, -0.1) is 0 Å². The lowest BCUT2D eigenvalue weighted by molar-refractivity contribution is 0.252. The van der Waals surface area contributed by atoms with Crippen LogP contribution in [0.4, 0.5) is 10.2 Å². The Morgan fingerprint density at radius 1 is 1.41 bits per heavy atom. The van der Waals surface area contributed by atoms with Gasteiger partial charge in [-0.05, 0) is 40.3 Å². The fourth-order valence-electron chi connectivity index (χ4n) is 2.48. The zero-order valence-electron chi connectivity index (χ0n) is 10.2. The Balaban J connectivity index is 2.09. The van der Waals surface area contributed by atoms with Crippen LogP contribution in [0.1, 0.15) is 33.1 Å². The lowest BCUT2D eigenvalue weighted by Gasteiger charge is -2.34. The summed E-state index contributed by atoms with van der Waals surface area (Å²) < 4.78 is 14.3. The summed E-state index contributed by atoms with van der Waals surface area (Å²) in [6.45, 7) is 4.50. The molecule has 4 heteroatoms. The van der Waals surface area contributed by atoms with Crippen LogP contribution in [0.15, 0.2) is 16.7 Å². The van der Waals surface area contributed by atoms with Crippen molar-refractivity contribution in [3.63, 3.8) is 0 Å². The number of pyridine rings is 1. The minimum absolute atomic E-state index is 0.287.